The minimum absolute atomic E-state index is 0.291. The summed E-state index contributed by atoms with van der Waals surface area (Å²) in [5.41, 5.74) is 7.44. The van der Waals surface area contributed by atoms with Gasteiger partial charge in [-0.05, 0) is 73.3 Å². The molecule has 1 saturated carbocycles. The first-order valence-electron chi connectivity index (χ1n) is 13.3. The molecule has 0 spiro atoms. The monoisotopic (exact) mass is 518 g/mol. The molecule has 0 aliphatic heterocycles. The second-order valence-electron chi connectivity index (χ2n) is 10.2. The van der Waals surface area contributed by atoms with Gasteiger partial charge in [-0.1, -0.05) is 12.8 Å². The Bertz CT molecular complexity index is 1770. The third-order valence-corrected chi connectivity index (χ3v) is 7.52. The molecule has 7 rings (SSSR count). The van der Waals surface area contributed by atoms with Gasteiger partial charge < -0.3 is 10.3 Å². The molecule has 1 aliphatic rings. The number of aromatic nitrogens is 7. The molecule has 194 valence electrons. The van der Waals surface area contributed by atoms with Crippen molar-refractivity contribution in [3.63, 3.8) is 0 Å². The predicted molar refractivity (Wildman–Crippen MR) is 149 cm³/mol. The lowest BCUT2D eigenvalue weighted by Gasteiger charge is -2.11. The molecule has 8 nitrogen and oxygen atoms in total. The van der Waals surface area contributed by atoms with Crippen LogP contribution in [0.15, 0.2) is 67.3 Å². The second kappa shape index (κ2) is 9.99. The van der Waals surface area contributed by atoms with Crippen LogP contribution >= 0.6 is 0 Å². The number of halogens is 1. The summed E-state index contributed by atoms with van der Waals surface area (Å²) in [6.07, 6.45) is 12.7. The van der Waals surface area contributed by atoms with Crippen LogP contribution in [0.5, 0.6) is 0 Å². The maximum atomic E-state index is 13.5. The van der Waals surface area contributed by atoms with Crippen LogP contribution in [0.4, 0.5) is 4.39 Å². The van der Waals surface area contributed by atoms with Crippen molar-refractivity contribution in [2.75, 3.05) is 6.54 Å². The van der Waals surface area contributed by atoms with Crippen molar-refractivity contribution in [3.05, 3.63) is 78.6 Å². The Balaban J connectivity index is 1.20. The largest absolute Gasteiger partial charge is 0.336 e. The minimum atomic E-state index is -0.291. The van der Waals surface area contributed by atoms with Gasteiger partial charge >= 0.3 is 0 Å². The summed E-state index contributed by atoms with van der Waals surface area (Å²) < 4.78 is 13.5. The van der Waals surface area contributed by atoms with Crippen molar-refractivity contribution in [2.24, 2.45) is 5.92 Å². The predicted octanol–water partition coefficient (Wildman–Crippen LogP) is 6.04. The summed E-state index contributed by atoms with van der Waals surface area (Å²) >= 11 is 0. The molecular weight excluding hydrogens is 491 g/mol. The Morgan fingerprint density at radius 2 is 1.74 bits per heavy atom. The Morgan fingerprint density at radius 3 is 2.62 bits per heavy atom. The number of nitrogens with one attached hydrogen (secondary N) is 3. The van der Waals surface area contributed by atoms with E-state index >= 15 is 0 Å². The van der Waals surface area contributed by atoms with E-state index in [1.165, 1.54) is 37.8 Å². The number of fused-ring (bicyclic) bond motifs is 2. The van der Waals surface area contributed by atoms with E-state index in [1.54, 1.807) is 18.3 Å². The number of H-pyrrole nitrogens is 2. The number of imidazole rings is 1. The molecule has 0 atom stereocenters. The summed E-state index contributed by atoms with van der Waals surface area (Å²) in [5.74, 6) is 1.11. The third-order valence-electron chi connectivity index (χ3n) is 7.52. The van der Waals surface area contributed by atoms with Gasteiger partial charge in [0.25, 0.3) is 0 Å². The lowest BCUT2D eigenvalue weighted by atomic mass is 10.1. The lowest BCUT2D eigenvalue weighted by molar-refractivity contribution is 0.489. The van der Waals surface area contributed by atoms with E-state index in [1.807, 2.05) is 24.7 Å². The molecule has 6 aromatic rings. The van der Waals surface area contributed by atoms with E-state index in [0.717, 1.165) is 52.2 Å². The summed E-state index contributed by atoms with van der Waals surface area (Å²) in [6.45, 7) is 1.86. The average Bonchev–Trinajstić information content (AvgIpc) is 3.73. The molecule has 1 aromatic carbocycles. The Hall–Kier alpha value is -4.50. The number of benzene rings is 1. The van der Waals surface area contributed by atoms with Gasteiger partial charge in [0.15, 0.2) is 11.5 Å². The van der Waals surface area contributed by atoms with Gasteiger partial charge in [-0.15, -0.1) is 0 Å². The molecular formula is C30H27FN8. The van der Waals surface area contributed by atoms with Crippen molar-refractivity contribution in [1.29, 1.82) is 0 Å². The quantitative estimate of drug-likeness (QED) is 0.238. The maximum Gasteiger partial charge on any atom is 0.159 e. The van der Waals surface area contributed by atoms with E-state index in [9.17, 15) is 4.39 Å². The van der Waals surface area contributed by atoms with Crippen molar-refractivity contribution >= 4 is 22.1 Å². The first-order chi connectivity index (χ1) is 19.2. The number of hydrogen-bond donors (Lipinski definition) is 3. The van der Waals surface area contributed by atoms with Crippen molar-refractivity contribution in [1.82, 2.24) is 40.4 Å². The van der Waals surface area contributed by atoms with Crippen LogP contribution in [0.2, 0.25) is 0 Å². The number of aromatic amines is 2. The van der Waals surface area contributed by atoms with E-state index in [4.69, 9.17) is 4.98 Å². The van der Waals surface area contributed by atoms with Gasteiger partial charge in [-0.25, -0.2) is 14.4 Å². The summed E-state index contributed by atoms with van der Waals surface area (Å²) in [5, 5.41) is 12.0. The van der Waals surface area contributed by atoms with E-state index in [-0.39, 0.29) is 5.82 Å². The van der Waals surface area contributed by atoms with Gasteiger partial charge in [0.1, 0.15) is 17.0 Å². The van der Waals surface area contributed by atoms with Crippen LogP contribution in [-0.4, -0.2) is 41.7 Å². The molecule has 0 bridgehead atoms. The Labute approximate surface area is 224 Å². The molecule has 1 aliphatic carbocycles. The molecule has 1 fully saturated rings. The highest BCUT2D eigenvalue weighted by Crippen LogP contribution is 2.32. The average molecular weight is 519 g/mol. The Kier molecular flexibility index (Phi) is 6.05. The van der Waals surface area contributed by atoms with Gasteiger partial charge in [0, 0.05) is 48.0 Å². The molecule has 0 saturated heterocycles. The molecule has 9 heteroatoms. The van der Waals surface area contributed by atoms with Crippen LogP contribution in [0.25, 0.3) is 56.0 Å². The van der Waals surface area contributed by atoms with Crippen LogP contribution < -0.4 is 5.32 Å². The van der Waals surface area contributed by atoms with E-state index in [2.05, 4.69) is 47.6 Å². The number of nitrogens with zero attached hydrogens (tertiary/aromatic N) is 5. The molecule has 0 unspecified atom stereocenters. The van der Waals surface area contributed by atoms with Gasteiger partial charge in [-0.2, -0.15) is 5.10 Å². The Morgan fingerprint density at radius 1 is 0.897 bits per heavy atom. The summed E-state index contributed by atoms with van der Waals surface area (Å²) in [4.78, 5) is 21.8. The van der Waals surface area contributed by atoms with Crippen LogP contribution in [0.1, 0.15) is 31.2 Å². The molecule has 5 aromatic heterocycles. The van der Waals surface area contributed by atoms with E-state index in [0.29, 0.717) is 28.4 Å². The molecule has 39 heavy (non-hydrogen) atoms. The van der Waals surface area contributed by atoms with Gasteiger partial charge in [0.05, 0.1) is 16.6 Å². The lowest BCUT2D eigenvalue weighted by Crippen LogP contribution is -2.20. The van der Waals surface area contributed by atoms with Crippen LogP contribution in [0.3, 0.4) is 0 Å². The zero-order chi connectivity index (χ0) is 26.2. The molecule has 0 radical (unpaired) electrons. The van der Waals surface area contributed by atoms with E-state index < -0.39 is 0 Å². The van der Waals surface area contributed by atoms with Crippen LogP contribution in [-0.2, 0) is 6.54 Å². The highest BCUT2D eigenvalue weighted by Gasteiger charge is 2.18. The van der Waals surface area contributed by atoms with Crippen molar-refractivity contribution in [3.8, 4) is 33.9 Å². The summed E-state index contributed by atoms with van der Waals surface area (Å²) in [6, 6.07) is 12.4. The topological polar surface area (TPSA) is 108 Å². The minimum Gasteiger partial charge on any atom is -0.336 e. The highest BCUT2D eigenvalue weighted by molar-refractivity contribution is 5.96. The first-order valence-corrected chi connectivity index (χ1v) is 13.3. The van der Waals surface area contributed by atoms with Crippen molar-refractivity contribution < 1.29 is 4.39 Å². The first kappa shape index (κ1) is 23.6. The molecule has 5 heterocycles. The molecule has 0 amide bonds. The highest BCUT2D eigenvalue weighted by atomic mass is 19.1. The SMILES string of the molecule is Fc1ccc(-c2nccc3[nH]c(-c4n[nH]c5ncc(-c6cncc(CNCC7CCCC7)c6)cc45)nc23)cc1. The smallest absolute Gasteiger partial charge is 0.159 e. The van der Waals surface area contributed by atoms with Gasteiger partial charge in [0.2, 0.25) is 0 Å². The number of hydrogen-bond acceptors (Lipinski definition) is 6. The van der Waals surface area contributed by atoms with Crippen LogP contribution in [0, 0.1) is 11.7 Å². The fraction of sp³-hybridized carbons (Fsp3) is 0.233. The van der Waals surface area contributed by atoms with Crippen molar-refractivity contribution in [2.45, 2.75) is 32.2 Å². The fourth-order valence-corrected chi connectivity index (χ4v) is 5.49. The normalized spacial score (nSPS) is 14.1. The molecule has 3 N–H and O–H groups in total. The zero-order valence-electron chi connectivity index (χ0n) is 21.3. The number of rotatable bonds is 7. The maximum absolute atomic E-state index is 13.5. The number of pyridine rings is 3. The second-order valence-corrected chi connectivity index (χ2v) is 10.2. The standard InChI is InChI=1S/C30H27FN8/c31-23-7-5-20(6-8-23)26-28-25(9-10-34-26)36-30(37-28)27-24-12-22(17-35-29(24)39-38-27)21-11-19(15-33-16-21)14-32-13-18-3-1-2-4-18/h5-12,15-18,32H,1-4,13-14H2,(H,36,37)(H,35,38,39). The van der Waals surface area contributed by atoms with Gasteiger partial charge in [-0.3, -0.25) is 15.1 Å². The third kappa shape index (κ3) is 4.66. The summed E-state index contributed by atoms with van der Waals surface area (Å²) in [7, 11) is 0. The fourth-order valence-electron chi connectivity index (χ4n) is 5.49. The zero-order valence-corrected chi connectivity index (χ0v) is 21.3.